The number of benzene rings is 4. The Morgan fingerprint density at radius 1 is 0.487 bits per heavy atom. The van der Waals surface area contributed by atoms with Gasteiger partial charge in [0.1, 0.15) is 23.0 Å². The van der Waals surface area contributed by atoms with Gasteiger partial charge in [0, 0.05) is 11.8 Å². The van der Waals surface area contributed by atoms with Crippen molar-refractivity contribution in [1.29, 1.82) is 0 Å². The van der Waals surface area contributed by atoms with Crippen molar-refractivity contribution in [3.05, 3.63) is 120 Å². The van der Waals surface area contributed by atoms with Gasteiger partial charge < -0.3 is 9.47 Å². The molecule has 0 spiro atoms. The van der Waals surface area contributed by atoms with E-state index in [1.807, 2.05) is 84.9 Å². The molecule has 0 saturated carbocycles. The van der Waals surface area contributed by atoms with Gasteiger partial charge in [-0.05, 0) is 72.5 Å². The van der Waals surface area contributed by atoms with Gasteiger partial charge >= 0.3 is 0 Å². The minimum atomic E-state index is 0.163. The minimum absolute atomic E-state index is 0.163. The summed E-state index contributed by atoms with van der Waals surface area (Å²) < 4.78 is 12.0. The summed E-state index contributed by atoms with van der Waals surface area (Å²) in [5, 5.41) is 5.22. The van der Waals surface area contributed by atoms with Crippen molar-refractivity contribution in [2.45, 2.75) is 51.4 Å². The third-order valence-electron chi connectivity index (χ3n) is 6.53. The predicted molar refractivity (Wildman–Crippen MR) is 154 cm³/mol. The average molecular weight is 527 g/mol. The van der Waals surface area contributed by atoms with Crippen molar-refractivity contribution in [1.82, 2.24) is 0 Å². The standard InChI is InChI=1S/C34H38O5/c1-3-13-29(27-15-11-21-33(23-27)37-31-17-7-5-8-18-31)25-35-39-36-26-30(14-4-2)28-16-12-22-34(24-28)38-32-19-9-6-10-20-32/h5-12,15-24,29-30H,3-4,13-14,25-26H2,1-2H3. The van der Waals surface area contributed by atoms with Gasteiger partial charge in [-0.25, -0.2) is 9.78 Å². The first-order valence-corrected chi connectivity index (χ1v) is 13.8. The van der Waals surface area contributed by atoms with Gasteiger partial charge in [-0.2, -0.15) is 0 Å². The van der Waals surface area contributed by atoms with Crippen LogP contribution in [0.1, 0.15) is 62.5 Å². The van der Waals surface area contributed by atoms with Gasteiger partial charge in [0.25, 0.3) is 0 Å². The summed E-state index contributed by atoms with van der Waals surface area (Å²) >= 11 is 0. The lowest BCUT2D eigenvalue weighted by molar-refractivity contribution is -0.514. The van der Waals surface area contributed by atoms with Gasteiger partial charge in [-0.1, -0.05) is 92.4 Å². The highest BCUT2D eigenvalue weighted by Gasteiger charge is 2.16. The average Bonchev–Trinajstić information content (AvgIpc) is 2.97. The molecule has 0 aromatic heterocycles. The summed E-state index contributed by atoms with van der Waals surface area (Å²) in [6.45, 7) is 5.11. The highest BCUT2D eigenvalue weighted by Crippen LogP contribution is 2.30. The fourth-order valence-corrected chi connectivity index (χ4v) is 4.56. The van der Waals surface area contributed by atoms with Crippen LogP contribution in [0.2, 0.25) is 0 Å². The van der Waals surface area contributed by atoms with Gasteiger partial charge in [-0.15, -0.1) is 0 Å². The van der Waals surface area contributed by atoms with Gasteiger partial charge in [0.2, 0.25) is 0 Å². The predicted octanol–water partition coefficient (Wildman–Crippen LogP) is 9.62. The molecule has 0 bridgehead atoms. The first kappa shape index (κ1) is 28.4. The van der Waals surface area contributed by atoms with E-state index < -0.39 is 0 Å². The number of hydrogen-bond acceptors (Lipinski definition) is 5. The smallest absolute Gasteiger partial charge is 0.127 e. The maximum atomic E-state index is 6.02. The van der Waals surface area contributed by atoms with Crippen LogP contribution < -0.4 is 9.47 Å². The second-order valence-electron chi connectivity index (χ2n) is 9.58. The molecule has 5 nitrogen and oxygen atoms in total. The molecule has 0 aliphatic carbocycles. The molecule has 4 aromatic rings. The minimum Gasteiger partial charge on any atom is -0.457 e. The molecule has 0 heterocycles. The fraction of sp³-hybridized carbons (Fsp3) is 0.294. The van der Waals surface area contributed by atoms with Crippen molar-refractivity contribution in [3.63, 3.8) is 0 Å². The van der Waals surface area contributed by atoms with E-state index in [4.69, 9.17) is 24.3 Å². The molecule has 204 valence electrons. The molecule has 0 radical (unpaired) electrons. The number of hydrogen-bond donors (Lipinski definition) is 0. The van der Waals surface area contributed by atoms with Gasteiger partial charge in [0.15, 0.2) is 0 Å². The molecule has 2 atom stereocenters. The molecular formula is C34H38O5. The third-order valence-corrected chi connectivity index (χ3v) is 6.53. The van der Waals surface area contributed by atoms with E-state index in [0.717, 1.165) is 59.8 Å². The molecular weight excluding hydrogens is 488 g/mol. The fourth-order valence-electron chi connectivity index (χ4n) is 4.56. The van der Waals surface area contributed by atoms with Crippen LogP contribution in [-0.4, -0.2) is 13.2 Å². The highest BCUT2D eigenvalue weighted by molar-refractivity contribution is 5.36. The molecule has 2 unspecified atom stereocenters. The van der Waals surface area contributed by atoms with E-state index >= 15 is 0 Å². The van der Waals surface area contributed by atoms with E-state index in [0.29, 0.717) is 13.2 Å². The van der Waals surface area contributed by atoms with Crippen LogP contribution in [-0.2, 0) is 14.8 Å². The molecule has 5 heteroatoms. The Kier molecular flexibility index (Phi) is 11.4. The van der Waals surface area contributed by atoms with Crippen LogP contribution in [0.3, 0.4) is 0 Å². The monoisotopic (exact) mass is 526 g/mol. The van der Waals surface area contributed by atoms with Crippen molar-refractivity contribution < 1.29 is 24.3 Å². The van der Waals surface area contributed by atoms with Crippen molar-refractivity contribution >= 4 is 0 Å². The van der Waals surface area contributed by atoms with E-state index in [2.05, 4.69) is 38.1 Å². The summed E-state index contributed by atoms with van der Waals surface area (Å²) in [6.07, 6.45) is 3.98. The normalized spacial score (nSPS) is 12.6. The molecule has 0 aliphatic rings. The molecule has 0 amide bonds. The van der Waals surface area contributed by atoms with Crippen LogP contribution >= 0.6 is 0 Å². The van der Waals surface area contributed by atoms with Crippen molar-refractivity contribution in [2.24, 2.45) is 0 Å². The van der Waals surface area contributed by atoms with Crippen LogP contribution in [0.15, 0.2) is 109 Å². The van der Waals surface area contributed by atoms with Crippen molar-refractivity contribution in [3.8, 4) is 23.0 Å². The third kappa shape index (κ3) is 9.25. The molecule has 0 N–H and O–H groups in total. The van der Waals surface area contributed by atoms with Crippen LogP contribution in [0.4, 0.5) is 0 Å². The second-order valence-corrected chi connectivity index (χ2v) is 9.58. The molecule has 4 rings (SSSR count). The summed E-state index contributed by atoms with van der Waals surface area (Å²) in [7, 11) is 0. The summed E-state index contributed by atoms with van der Waals surface area (Å²) in [5.74, 6) is 3.56. The molecule has 0 aliphatic heterocycles. The van der Waals surface area contributed by atoms with Gasteiger partial charge in [0.05, 0.1) is 13.2 Å². The lowest BCUT2D eigenvalue weighted by Crippen LogP contribution is -2.12. The number of para-hydroxylation sites is 2. The summed E-state index contributed by atoms with van der Waals surface area (Å²) in [4.78, 5) is 11.1. The Balaban J connectivity index is 1.29. The van der Waals surface area contributed by atoms with Crippen LogP contribution in [0, 0.1) is 0 Å². The van der Waals surface area contributed by atoms with Crippen LogP contribution in [0.5, 0.6) is 23.0 Å². The Hall–Kier alpha value is -3.64. The summed E-state index contributed by atoms with van der Waals surface area (Å²) in [6, 6.07) is 35.9. The maximum Gasteiger partial charge on any atom is 0.127 e. The zero-order valence-electron chi connectivity index (χ0n) is 22.8. The Morgan fingerprint density at radius 2 is 0.897 bits per heavy atom. The summed E-state index contributed by atoms with van der Waals surface area (Å²) in [5.41, 5.74) is 2.29. The lowest BCUT2D eigenvalue weighted by Gasteiger charge is -2.19. The lowest BCUT2D eigenvalue weighted by atomic mass is 9.95. The Bertz CT molecular complexity index is 1130. The Morgan fingerprint density at radius 3 is 1.31 bits per heavy atom. The molecule has 0 fully saturated rings. The number of rotatable bonds is 16. The van der Waals surface area contributed by atoms with Crippen molar-refractivity contribution in [2.75, 3.05) is 13.2 Å². The maximum absolute atomic E-state index is 6.02. The second kappa shape index (κ2) is 15.7. The molecule has 39 heavy (non-hydrogen) atoms. The largest absolute Gasteiger partial charge is 0.457 e. The molecule has 4 aromatic carbocycles. The highest BCUT2D eigenvalue weighted by atomic mass is 17.5. The van der Waals surface area contributed by atoms with E-state index in [1.54, 1.807) is 0 Å². The number of ether oxygens (including phenoxy) is 2. The first-order valence-electron chi connectivity index (χ1n) is 13.8. The van der Waals surface area contributed by atoms with E-state index in [9.17, 15) is 0 Å². The zero-order chi connectivity index (χ0) is 27.1. The first-order chi connectivity index (χ1) is 19.2. The van der Waals surface area contributed by atoms with E-state index in [1.165, 1.54) is 0 Å². The topological polar surface area (TPSA) is 46.2 Å². The molecule has 0 saturated heterocycles. The zero-order valence-corrected chi connectivity index (χ0v) is 22.8. The van der Waals surface area contributed by atoms with Crippen LogP contribution in [0.25, 0.3) is 0 Å². The quantitative estimate of drug-likeness (QED) is 0.0826. The Labute approximate surface area is 232 Å². The van der Waals surface area contributed by atoms with E-state index in [-0.39, 0.29) is 11.8 Å². The van der Waals surface area contributed by atoms with Gasteiger partial charge in [-0.3, -0.25) is 0 Å². The SMILES string of the molecule is CCCC(COOOCC(CCC)c1cccc(Oc2ccccc2)c1)c1cccc(Oc2ccccc2)c1.